The van der Waals surface area contributed by atoms with E-state index in [9.17, 15) is 4.79 Å². The van der Waals surface area contributed by atoms with Crippen molar-refractivity contribution in [3.8, 4) is 0 Å². The number of benzene rings is 1. The molecule has 4 aromatic rings. The van der Waals surface area contributed by atoms with Crippen LogP contribution in [-0.2, 0) is 24.5 Å². The number of carbonyl (C=O) groups excluding carboxylic acids is 1. The summed E-state index contributed by atoms with van der Waals surface area (Å²) < 4.78 is 5.61. The van der Waals surface area contributed by atoms with Gasteiger partial charge in [-0.15, -0.1) is 0 Å². The number of aromatic nitrogens is 4. The zero-order chi connectivity index (χ0) is 25.1. The molecule has 3 aliphatic rings. The molecule has 0 unspecified atom stereocenters. The molecule has 1 aromatic carbocycles. The van der Waals surface area contributed by atoms with Crippen molar-refractivity contribution in [2.75, 3.05) is 4.90 Å². The summed E-state index contributed by atoms with van der Waals surface area (Å²) in [5.74, 6) is 1.65. The van der Waals surface area contributed by atoms with Gasteiger partial charge >= 0.3 is 0 Å². The van der Waals surface area contributed by atoms with E-state index in [1.165, 1.54) is 12.8 Å². The van der Waals surface area contributed by atoms with Crippen LogP contribution in [0.1, 0.15) is 81.8 Å². The minimum absolute atomic E-state index is 0.153. The Balaban J connectivity index is 1.26. The minimum atomic E-state index is -0.153. The van der Waals surface area contributed by atoms with Crippen LogP contribution in [0, 0.1) is 6.92 Å². The molecule has 7 rings (SSSR count). The molecule has 2 saturated carbocycles. The molecule has 2 fully saturated rings. The Labute approximate surface area is 219 Å². The van der Waals surface area contributed by atoms with Crippen molar-refractivity contribution in [1.29, 1.82) is 0 Å². The summed E-state index contributed by atoms with van der Waals surface area (Å²) in [6.07, 6.45) is 7.91. The van der Waals surface area contributed by atoms with Crippen LogP contribution < -0.4 is 4.90 Å². The average molecular weight is 512 g/mol. The molecule has 0 radical (unpaired) electrons. The van der Waals surface area contributed by atoms with E-state index in [2.05, 4.69) is 27.1 Å². The predicted molar refractivity (Wildman–Crippen MR) is 141 cm³/mol. The lowest BCUT2D eigenvalue weighted by molar-refractivity contribution is 0.0984. The van der Waals surface area contributed by atoms with Crippen molar-refractivity contribution in [2.24, 2.45) is 0 Å². The number of ether oxygens (including phenoxy) is 1. The monoisotopic (exact) mass is 511 g/mol. The Hall–Kier alpha value is -3.42. The number of pyridine rings is 2. The van der Waals surface area contributed by atoms with Gasteiger partial charge in [0.15, 0.2) is 0 Å². The maximum absolute atomic E-state index is 13.9. The highest BCUT2D eigenvalue weighted by Crippen LogP contribution is 2.40. The zero-order valence-corrected chi connectivity index (χ0v) is 21.3. The SMILES string of the molecule is Cc1nc(C2CC2)ccc1N(Cc1ccc2c3c(c(Cl)nc2c1)COC3)C(=O)c1cnc(C2CC2)nc1. The van der Waals surface area contributed by atoms with Crippen molar-refractivity contribution in [2.45, 2.75) is 64.2 Å². The maximum Gasteiger partial charge on any atom is 0.261 e. The molecule has 0 saturated heterocycles. The second-order valence-corrected chi connectivity index (χ2v) is 10.7. The third kappa shape index (κ3) is 4.26. The summed E-state index contributed by atoms with van der Waals surface area (Å²) in [7, 11) is 0. The Morgan fingerprint density at radius 2 is 1.76 bits per heavy atom. The van der Waals surface area contributed by atoms with Gasteiger partial charge < -0.3 is 9.64 Å². The summed E-state index contributed by atoms with van der Waals surface area (Å²) in [6.45, 7) is 3.36. The Morgan fingerprint density at radius 3 is 2.49 bits per heavy atom. The lowest BCUT2D eigenvalue weighted by atomic mass is 10.0. The molecular formula is C29H26ClN5O2. The van der Waals surface area contributed by atoms with E-state index in [1.54, 1.807) is 17.3 Å². The van der Waals surface area contributed by atoms with Gasteiger partial charge in [-0.3, -0.25) is 9.78 Å². The number of halogens is 1. The molecule has 0 spiro atoms. The van der Waals surface area contributed by atoms with E-state index < -0.39 is 0 Å². The number of aryl methyl sites for hydroxylation is 1. The van der Waals surface area contributed by atoms with Gasteiger partial charge in [0.2, 0.25) is 0 Å². The first-order valence-electron chi connectivity index (χ1n) is 12.8. The molecule has 3 aromatic heterocycles. The van der Waals surface area contributed by atoms with Crippen LogP contribution in [0.3, 0.4) is 0 Å². The molecule has 37 heavy (non-hydrogen) atoms. The lowest BCUT2D eigenvalue weighted by Gasteiger charge is -2.25. The van der Waals surface area contributed by atoms with Crippen LogP contribution in [0.25, 0.3) is 10.9 Å². The van der Waals surface area contributed by atoms with Crippen LogP contribution in [-0.4, -0.2) is 25.8 Å². The number of rotatable bonds is 6. The summed E-state index contributed by atoms with van der Waals surface area (Å²) in [5, 5.41) is 1.52. The van der Waals surface area contributed by atoms with Crippen molar-refractivity contribution < 1.29 is 9.53 Å². The maximum atomic E-state index is 13.9. The van der Waals surface area contributed by atoms with Gasteiger partial charge in [-0.1, -0.05) is 23.7 Å². The van der Waals surface area contributed by atoms with Gasteiger partial charge in [0.05, 0.1) is 42.2 Å². The van der Waals surface area contributed by atoms with Crippen LogP contribution in [0.4, 0.5) is 5.69 Å². The van der Waals surface area contributed by atoms with Crippen LogP contribution in [0.15, 0.2) is 42.7 Å². The van der Waals surface area contributed by atoms with E-state index >= 15 is 0 Å². The summed E-state index contributed by atoms with van der Waals surface area (Å²) in [5.41, 5.74) is 7.00. The summed E-state index contributed by atoms with van der Waals surface area (Å²) in [6, 6.07) is 10.2. The number of amides is 1. The normalized spacial score (nSPS) is 16.7. The molecule has 7 nitrogen and oxygen atoms in total. The smallest absolute Gasteiger partial charge is 0.261 e. The fraction of sp³-hybridized carbons (Fsp3) is 0.345. The number of nitrogens with zero attached hydrogens (tertiary/aromatic N) is 5. The number of hydrogen-bond acceptors (Lipinski definition) is 6. The zero-order valence-electron chi connectivity index (χ0n) is 20.6. The second kappa shape index (κ2) is 8.85. The van der Waals surface area contributed by atoms with E-state index in [0.717, 1.165) is 63.3 Å². The highest BCUT2D eigenvalue weighted by atomic mass is 35.5. The number of hydrogen-bond donors (Lipinski definition) is 0. The van der Waals surface area contributed by atoms with Crippen LogP contribution in [0.5, 0.6) is 0 Å². The molecule has 0 atom stereocenters. The molecule has 4 heterocycles. The lowest BCUT2D eigenvalue weighted by Crippen LogP contribution is -2.31. The Kier molecular flexibility index (Phi) is 5.44. The number of anilines is 1. The van der Waals surface area contributed by atoms with Gasteiger partial charge in [0.25, 0.3) is 5.91 Å². The van der Waals surface area contributed by atoms with E-state index in [-0.39, 0.29) is 5.91 Å². The molecule has 1 amide bonds. The van der Waals surface area contributed by atoms with Crippen LogP contribution >= 0.6 is 11.6 Å². The Bertz CT molecular complexity index is 1550. The first-order valence-corrected chi connectivity index (χ1v) is 13.2. The fourth-order valence-corrected chi connectivity index (χ4v) is 5.38. The summed E-state index contributed by atoms with van der Waals surface area (Å²) >= 11 is 6.46. The van der Waals surface area contributed by atoms with Gasteiger partial charge in [-0.05, 0) is 61.9 Å². The van der Waals surface area contributed by atoms with Crippen molar-refractivity contribution >= 4 is 34.1 Å². The van der Waals surface area contributed by atoms with Crippen molar-refractivity contribution in [3.05, 3.63) is 87.3 Å². The topological polar surface area (TPSA) is 81.1 Å². The van der Waals surface area contributed by atoms with Crippen LogP contribution in [0.2, 0.25) is 5.15 Å². The number of carbonyl (C=O) groups is 1. The third-order valence-corrected chi connectivity index (χ3v) is 7.84. The van der Waals surface area contributed by atoms with E-state index in [1.807, 2.05) is 25.1 Å². The first-order chi connectivity index (χ1) is 18.0. The predicted octanol–water partition coefficient (Wildman–Crippen LogP) is 6.01. The average Bonchev–Trinajstić information content (AvgIpc) is 3.85. The highest BCUT2D eigenvalue weighted by molar-refractivity contribution is 6.30. The van der Waals surface area contributed by atoms with Gasteiger partial charge in [-0.2, -0.15) is 0 Å². The second-order valence-electron chi connectivity index (χ2n) is 10.3. The molecule has 1 aliphatic heterocycles. The molecule has 2 aliphatic carbocycles. The van der Waals surface area contributed by atoms with Gasteiger partial charge in [0.1, 0.15) is 11.0 Å². The quantitative estimate of drug-likeness (QED) is 0.295. The largest absolute Gasteiger partial charge is 0.372 e. The third-order valence-electron chi connectivity index (χ3n) is 7.52. The summed E-state index contributed by atoms with van der Waals surface area (Å²) in [4.78, 5) is 34.1. The molecule has 0 bridgehead atoms. The molecule has 0 N–H and O–H groups in total. The minimum Gasteiger partial charge on any atom is -0.372 e. The standard InChI is InChI=1S/C29H26ClN5O2/c1-16-26(9-8-24(33-16)18-3-4-18)35(29(36)20-11-31-28(32-12-20)19-5-6-19)13-17-2-7-21-22-14-37-15-23(22)27(30)34-25(21)10-17/h2,7-12,18-19H,3-6,13-15H2,1H3. The molecule has 186 valence electrons. The molecule has 8 heteroatoms. The number of fused-ring (bicyclic) bond motifs is 3. The van der Waals surface area contributed by atoms with E-state index in [4.69, 9.17) is 21.3 Å². The van der Waals surface area contributed by atoms with Crippen molar-refractivity contribution in [3.63, 3.8) is 0 Å². The van der Waals surface area contributed by atoms with E-state index in [0.29, 0.717) is 42.3 Å². The van der Waals surface area contributed by atoms with Crippen molar-refractivity contribution in [1.82, 2.24) is 19.9 Å². The fourth-order valence-electron chi connectivity index (χ4n) is 5.12. The van der Waals surface area contributed by atoms with Gasteiger partial charge in [0, 0.05) is 40.9 Å². The highest BCUT2D eigenvalue weighted by Gasteiger charge is 2.29. The molecular weight excluding hydrogens is 486 g/mol. The Morgan fingerprint density at radius 1 is 1.00 bits per heavy atom. The van der Waals surface area contributed by atoms with Gasteiger partial charge in [-0.25, -0.2) is 15.0 Å². The first kappa shape index (κ1) is 22.8.